The molecule has 1 aliphatic heterocycles. The van der Waals surface area contributed by atoms with Gasteiger partial charge in [-0.25, -0.2) is 9.18 Å². The summed E-state index contributed by atoms with van der Waals surface area (Å²) in [5.41, 5.74) is -2.25. The standard InChI is InChI=1S/C18H22F4N2O3/c1-17(2,3)27-16(26)24-9-5-4-6-14(24)15(25)23-11-7-8-12(13(19)10-11)18(20,21)22/h7-8,10,14H,4-6,9H2,1-3H3,(H,23,25)/t14-/m0/s1. The molecule has 0 aromatic heterocycles. The lowest BCUT2D eigenvalue weighted by Crippen LogP contribution is -2.51. The number of rotatable bonds is 2. The molecule has 1 heterocycles. The maximum absolute atomic E-state index is 13.7. The van der Waals surface area contributed by atoms with Crippen molar-refractivity contribution in [2.75, 3.05) is 11.9 Å². The molecule has 1 aromatic rings. The molecular weight excluding hydrogens is 368 g/mol. The number of amides is 2. The van der Waals surface area contributed by atoms with E-state index in [0.29, 0.717) is 37.9 Å². The van der Waals surface area contributed by atoms with Gasteiger partial charge in [-0.3, -0.25) is 9.69 Å². The Bertz CT molecular complexity index is 714. The summed E-state index contributed by atoms with van der Waals surface area (Å²) >= 11 is 0. The van der Waals surface area contributed by atoms with Crippen LogP contribution in [0.15, 0.2) is 18.2 Å². The number of nitrogens with one attached hydrogen (secondary N) is 1. The van der Waals surface area contributed by atoms with Crippen molar-refractivity contribution in [3.8, 4) is 0 Å². The highest BCUT2D eigenvalue weighted by atomic mass is 19.4. The summed E-state index contributed by atoms with van der Waals surface area (Å²) in [7, 11) is 0. The molecule has 2 rings (SSSR count). The number of alkyl halides is 3. The Balaban J connectivity index is 2.13. The third-order valence-electron chi connectivity index (χ3n) is 3.98. The van der Waals surface area contributed by atoms with Crippen molar-refractivity contribution in [1.29, 1.82) is 0 Å². The van der Waals surface area contributed by atoms with Gasteiger partial charge < -0.3 is 10.1 Å². The topological polar surface area (TPSA) is 58.6 Å². The van der Waals surface area contributed by atoms with Crippen molar-refractivity contribution in [3.63, 3.8) is 0 Å². The van der Waals surface area contributed by atoms with Gasteiger partial charge in [0, 0.05) is 12.2 Å². The average molecular weight is 390 g/mol. The molecule has 1 saturated heterocycles. The van der Waals surface area contributed by atoms with E-state index in [9.17, 15) is 27.2 Å². The second kappa shape index (κ2) is 7.74. The van der Waals surface area contributed by atoms with Gasteiger partial charge in [-0.1, -0.05) is 0 Å². The van der Waals surface area contributed by atoms with Crippen LogP contribution in [0.3, 0.4) is 0 Å². The quantitative estimate of drug-likeness (QED) is 0.753. The summed E-state index contributed by atoms with van der Waals surface area (Å²) in [6, 6.07) is 1.32. The summed E-state index contributed by atoms with van der Waals surface area (Å²) in [4.78, 5) is 26.2. The Kier molecular flexibility index (Phi) is 6.01. The van der Waals surface area contributed by atoms with Crippen LogP contribution in [0.5, 0.6) is 0 Å². The molecule has 27 heavy (non-hydrogen) atoms. The summed E-state index contributed by atoms with van der Waals surface area (Å²) in [5.74, 6) is -2.08. The van der Waals surface area contributed by atoms with Crippen molar-refractivity contribution in [2.24, 2.45) is 0 Å². The molecule has 0 bridgehead atoms. The SMILES string of the molecule is CC(C)(C)OC(=O)N1CCCC[C@H]1C(=O)Nc1ccc(C(F)(F)F)c(F)c1. The van der Waals surface area contributed by atoms with Crippen LogP contribution >= 0.6 is 0 Å². The van der Waals surface area contributed by atoms with Crippen LogP contribution in [-0.4, -0.2) is 35.1 Å². The minimum absolute atomic E-state index is 0.111. The van der Waals surface area contributed by atoms with Crippen LogP contribution in [0.25, 0.3) is 0 Å². The Labute approximate surface area is 154 Å². The van der Waals surface area contributed by atoms with Crippen LogP contribution in [0.2, 0.25) is 0 Å². The van der Waals surface area contributed by atoms with E-state index in [0.717, 1.165) is 6.07 Å². The van der Waals surface area contributed by atoms with Gasteiger partial charge in [-0.05, 0) is 58.2 Å². The number of benzene rings is 1. The van der Waals surface area contributed by atoms with E-state index in [1.54, 1.807) is 20.8 Å². The third kappa shape index (κ3) is 5.58. The molecule has 1 atom stereocenters. The lowest BCUT2D eigenvalue weighted by molar-refractivity contribution is -0.140. The van der Waals surface area contributed by atoms with Gasteiger partial charge in [0.15, 0.2) is 0 Å². The molecule has 0 saturated carbocycles. The zero-order chi connectivity index (χ0) is 20.4. The normalized spacial score (nSPS) is 18.2. The van der Waals surface area contributed by atoms with E-state index in [1.165, 1.54) is 4.90 Å². The molecule has 9 heteroatoms. The Hall–Kier alpha value is -2.32. The Morgan fingerprint density at radius 2 is 1.85 bits per heavy atom. The Morgan fingerprint density at radius 1 is 1.19 bits per heavy atom. The summed E-state index contributed by atoms with van der Waals surface area (Å²) in [6.07, 6.45) is -3.66. The zero-order valence-electron chi connectivity index (χ0n) is 15.3. The number of hydrogen-bond donors (Lipinski definition) is 1. The molecule has 2 amide bonds. The second-order valence-corrected chi connectivity index (χ2v) is 7.37. The molecule has 1 fully saturated rings. The summed E-state index contributed by atoms with van der Waals surface area (Å²) in [6.45, 7) is 5.44. The fourth-order valence-electron chi connectivity index (χ4n) is 2.79. The molecule has 1 aliphatic rings. The number of carbonyl (C=O) groups is 2. The molecule has 0 unspecified atom stereocenters. The third-order valence-corrected chi connectivity index (χ3v) is 3.98. The molecule has 1 aromatic carbocycles. The monoisotopic (exact) mass is 390 g/mol. The second-order valence-electron chi connectivity index (χ2n) is 7.37. The molecule has 0 spiro atoms. The van der Waals surface area contributed by atoms with Crippen molar-refractivity contribution in [2.45, 2.75) is 57.9 Å². The highest BCUT2D eigenvalue weighted by Gasteiger charge is 2.36. The number of likely N-dealkylation sites (tertiary alicyclic amines) is 1. The van der Waals surface area contributed by atoms with Gasteiger partial charge in [0.25, 0.3) is 0 Å². The maximum Gasteiger partial charge on any atom is 0.419 e. The highest BCUT2D eigenvalue weighted by Crippen LogP contribution is 2.32. The van der Waals surface area contributed by atoms with Crippen molar-refractivity contribution in [1.82, 2.24) is 4.90 Å². The number of ether oxygens (including phenoxy) is 1. The van der Waals surface area contributed by atoms with Gasteiger partial charge in [0.1, 0.15) is 17.5 Å². The lowest BCUT2D eigenvalue weighted by Gasteiger charge is -2.35. The highest BCUT2D eigenvalue weighted by molar-refractivity contribution is 5.96. The van der Waals surface area contributed by atoms with E-state index in [2.05, 4.69) is 5.32 Å². The number of halogens is 4. The predicted octanol–water partition coefficient (Wildman–Crippen LogP) is 4.57. The van der Waals surface area contributed by atoms with Crippen LogP contribution in [0, 0.1) is 5.82 Å². The van der Waals surface area contributed by atoms with Crippen LogP contribution in [0.4, 0.5) is 28.0 Å². The van der Waals surface area contributed by atoms with Gasteiger partial charge in [0.05, 0.1) is 5.56 Å². The lowest BCUT2D eigenvalue weighted by atomic mass is 10.0. The summed E-state index contributed by atoms with van der Waals surface area (Å²) in [5, 5.41) is 2.38. The average Bonchev–Trinajstić information content (AvgIpc) is 2.52. The van der Waals surface area contributed by atoms with Gasteiger partial charge in [-0.15, -0.1) is 0 Å². The van der Waals surface area contributed by atoms with Crippen LogP contribution in [-0.2, 0) is 15.7 Å². The van der Waals surface area contributed by atoms with E-state index in [4.69, 9.17) is 4.74 Å². The summed E-state index contributed by atoms with van der Waals surface area (Å²) < 4.78 is 56.8. The largest absolute Gasteiger partial charge is 0.444 e. The van der Waals surface area contributed by atoms with Gasteiger partial charge in [0.2, 0.25) is 5.91 Å². The zero-order valence-corrected chi connectivity index (χ0v) is 15.3. The molecule has 5 nitrogen and oxygen atoms in total. The van der Waals surface area contributed by atoms with Crippen LogP contribution in [0.1, 0.15) is 45.6 Å². The van der Waals surface area contributed by atoms with Crippen molar-refractivity contribution in [3.05, 3.63) is 29.6 Å². The first-order valence-electron chi connectivity index (χ1n) is 8.56. The number of nitrogens with zero attached hydrogens (tertiary/aromatic N) is 1. The number of carbonyl (C=O) groups excluding carboxylic acids is 2. The molecular formula is C18H22F4N2O3. The smallest absolute Gasteiger partial charge is 0.419 e. The van der Waals surface area contributed by atoms with Gasteiger partial charge >= 0.3 is 12.3 Å². The number of anilines is 1. The number of hydrogen-bond acceptors (Lipinski definition) is 3. The van der Waals surface area contributed by atoms with Crippen molar-refractivity contribution < 1.29 is 31.9 Å². The van der Waals surface area contributed by atoms with Gasteiger partial charge in [-0.2, -0.15) is 13.2 Å². The molecule has 150 valence electrons. The maximum atomic E-state index is 13.7. The minimum atomic E-state index is -4.82. The van der Waals surface area contributed by atoms with Crippen molar-refractivity contribution >= 4 is 17.7 Å². The number of piperidine rings is 1. The fraction of sp³-hybridized carbons (Fsp3) is 0.556. The van der Waals surface area contributed by atoms with E-state index < -0.39 is 41.2 Å². The first kappa shape index (κ1) is 21.0. The molecule has 0 radical (unpaired) electrons. The predicted molar refractivity (Wildman–Crippen MR) is 90.6 cm³/mol. The van der Waals surface area contributed by atoms with E-state index in [-0.39, 0.29) is 5.69 Å². The van der Waals surface area contributed by atoms with E-state index in [1.807, 2.05) is 0 Å². The van der Waals surface area contributed by atoms with E-state index >= 15 is 0 Å². The first-order chi connectivity index (χ1) is 12.4. The molecule has 1 N–H and O–H groups in total. The Morgan fingerprint density at radius 3 is 2.41 bits per heavy atom. The fourth-order valence-corrected chi connectivity index (χ4v) is 2.79. The van der Waals surface area contributed by atoms with Crippen LogP contribution < -0.4 is 5.32 Å². The molecule has 0 aliphatic carbocycles. The first-order valence-corrected chi connectivity index (χ1v) is 8.56. The minimum Gasteiger partial charge on any atom is -0.444 e.